The number of hydrogen-bond donors (Lipinski definition) is 0. The molecule has 13 aromatic rings. The molecule has 0 aliphatic rings. The maximum absolute atomic E-state index is 15.2. The Hall–Kier alpha value is -9.40. The minimum absolute atomic E-state index is 0.120. The van der Waals surface area contributed by atoms with E-state index in [4.69, 9.17) is 19.1 Å². The topological polar surface area (TPSA) is 58.0 Å². The van der Waals surface area contributed by atoms with Crippen molar-refractivity contribution in [1.82, 2.24) is 19.1 Å². The monoisotopic (exact) mass is 908 g/mol. The highest BCUT2D eigenvalue weighted by atomic mass is 19.1. The van der Waals surface area contributed by atoms with Crippen LogP contribution < -0.4 is 4.74 Å². The van der Waals surface area contributed by atoms with Crippen LogP contribution in [0.15, 0.2) is 235 Å². The van der Waals surface area contributed by atoms with Gasteiger partial charge in [0.05, 0.1) is 44.6 Å². The molecule has 0 amide bonds. The Morgan fingerprint density at radius 3 is 1.59 bits per heavy atom. The first-order chi connectivity index (χ1) is 34.5. The first kappa shape index (κ1) is 40.8. The Balaban J connectivity index is 1.01. The highest BCUT2D eigenvalue weighted by molar-refractivity contribution is 6.11. The molecular formula is C62H38F2N4O2. The first-order valence-electron chi connectivity index (χ1n) is 23.0. The zero-order valence-electron chi connectivity index (χ0n) is 37.3. The van der Waals surface area contributed by atoms with Crippen molar-refractivity contribution in [3.63, 3.8) is 0 Å². The Labute approximate surface area is 400 Å². The van der Waals surface area contributed by atoms with Crippen LogP contribution in [-0.4, -0.2) is 19.1 Å². The van der Waals surface area contributed by atoms with Gasteiger partial charge in [0.15, 0.2) is 0 Å². The number of imidazole rings is 2. The van der Waals surface area contributed by atoms with Crippen molar-refractivity contribution in [1.29, 1.82) is 0 Å². The molecule has 0 saturated heterocycles. The second-order valence-electron chi connectivity index (χ2n) is 17.2. The van der Waals surface area contributed by atoms with E-state index in [9.17, 15) is 0 Å². The summed E-state index contributed by atoms with van der Waals surface area (Å²) in [7, 11) is 0. The molecule has 0 N–H and O–H groups in total. The van der Waals surface area contributed by atoms with Gasteiger partial charge in [-0.2, -0.15) is 0 Å². The summed E-state index contributed by atoms with van der Waals surface area (Å²) in [4.78, 5) is 10.6. The van der Waals surface area contributed by atoms with Crippen LogP contribution in [0.3, 0.4) is 0 Å². The van der Waals surface area contributed by atoms with Crippen LogP contribution in [0, 0.1) is 11.6 Å². The predicted octanol–water partition coefficient (Wildman–Crippen LogP) is 16.7. The SMILES string of the molecule is Fc1cccc(F)c1-c1ccc2c(c1)oc1c(-c3nc4ccccc4n3-c3ccccc3-c3ccccc3)cc(Oc3cccc(-c4nc5ccccc5n4-c4ccccc4-c4ccccc4)c3)cc12. The Morgan fingerprint density at radius 2 is 0.929 bits per heavy atom. The predicted molar refractivity (Wildman–Crippen MR) is 277 cm³/mol. The summed E-state index contributed by atoms with van der Waals surface area (Å²) < 4.78 is 48.6. The van der Waals surface area contributed by atoms with Crippen LogP contribution >= 0.6 is 0 Å². The van der Waals surface area contributed by atoms with Gasteiger partial charge in [0.2, 0.25) is 0 Å². The maximum Gasteiger partial charge on any atom is 0.149 e. The molecule has 10 aromatic carbocycles. The van der Waals surface area contributed by atoms with E-state index in [0.29, 0.717) is 39.6 Å². The van der Waals surface area contributed by atoms with Crippen molar-refractivity contribution in [3.05, 3.63) is 242 Å². The van der Waals surface area contributed by atoms with E-state index in [-0.39, 0.29) is 5.56 Å². The number of hydrogen-bond acceptors (Lipinski definition) is 4. The molecule has 6 nitrogen and oxygen atoms in total. The number of halogens is 2. The molecular weight excluding hydrogens is 871 g/mol. The molecule has 332 valence electrons. The third-order valence-electron chi connectivity index (χ3n) is 12.9. The molecule has 13 rings (SSSR count). The Kier molecular flexibility index (Phi) is 9.76. The van der Waals surface area contributed by atoms with Gasteiger partial charge in [0.1, 0.15) is 45.9 Å². The molecule has 0 aliphatic carbocycles. The largest absolute Gasteiger partial charge is 0.457 e. The summed E-state index contributed by atoms with van der Waals surface area (Å²) in [5.74, 6) is 1.20. The van der Waals surface area contributed by atoms with Gasteiger partial charge in [0, 0.05) is 27.5 Å². The fourth-order valence-corrected chi connectivity index (χ4v) is 9.82. The van der Waals surface area contributed by atoms with E-state index in [1.54, 1.807) is 12.1 Å². The van der Waals surface area contributed by atoms with Crippen molar-refractivity contribution in [2.75, 3.05) is 0 Å². The highest BCUT2D eigenvalue weighted by Gasteiger charge is 2.25. The van der Waals surface area contributed by atoms with Crippen LogP contribution in [0.25, 0.3) is 112 Å². The number of ether oxygens (including phenoxy) is 1. The van der Waals surface area contributed by atoms with Gasteiger partial charge >= 0.3 is 0 Å². The van der Waals surface area contributed by atoms with Crippen molar-refractivity contribution >= 4 is 44.0 Å². The molecule has 0 fully saturated rings. The molecule has 8 heteroatoms. The van der Waals surface area contributed by atoms with Crippen molar-refractivity contribution in [2.24, 2.45) is 0 Å². The molecule has 3 aromatic heterocycles. The first-order valence-corrected chi connectivity index (χ1v) is 23.0. The summed E-state index contributed by atoms with van der Waals surface area (Å²) >= 11 is 0. The Bertz CT molecular complexity index is 4120. The lowest BCUT2D eigenvalue weighted by molar-refractivity contribution is 0.483. The fraction of sp³-hybridized carbons (Fsp3) is 0. The number of rotatable bonds is 9. The van der Waals surface area contributed by atoms with Gasteiger partial charge in [-0.15, -0.1) is 0 Å². The lowest BCUT2D eigenvalue weighted by Gasteiger charge is -2.16. The van der Waals surface area contributed by atoms with Gasteiger partial charge in [-0.3, -0.25) is 9.13 Å². The molecule has 70 heavy (non-hydrogen) atoms. The molecule has 3 heterocycles. The van der Waals surface area contributed by atoms with Crippen LogP contribution in [0.1, 0.15) is 0 Å². The lowest BCUT2D eigenvalue weighted by atomic mass is 10.0. The molecule has 0 aliphatic heterocycles. The molecule has 0 atom stereocenters. The minimum atomic E-state index is -0.657. The number of aromatic nitrogens is 4. The average molecular weight is 909 g/mol. The number of para-hydroxylation sites is 6. The quantitative estimate of drug-likeness (QED) is 0.145. The summed E-state index contributed by atoms with van der Waals surface area (Å²) in [5.41, 5.74) is 12.5. The number of nitrogens with zero attached hydrogens (tertiary/aromatic N) is 4. The number of furan rings is 1. The average Bonchev–Trinajstić information content (AvgIpc) is 4.11. The molecule has 0 bridgehead atoms. The van der Waals surface area contributed by atoms with Crippen LogP contribution in [-0.2, 0) is 0 Å². The molecule has 0 radical (unpaired) electrons. The van der Waals surface area contributed by atoms with Gasteiger partial charge in [-0.1, -0.05) is 146 Å². The third-order valence-corrected chi connectivity index (χ3v) is 12.9. The third kappa shape index (κ3) is 6.92. The molecule has 0 saturated carbocycles. The minimum Gasteiger partial charge on any atom is -0.457 e. The highest BCUT2D eigenvalue weighted by Crippen LogP contribution is 2.44. The number of fused-ring (bicyclic) bond motifs is 5. The summed E-state index contributed by atoms with van der Waals surface area (Å²) in [6, 6.07) is 74.6. The molecule has 0 spiro atoms. The second-order valence-corrected chi connectivity index (χ2v) is 17.2. The van der Waals surface area contributed by atoms with Gasteiger partial charge in [0.25, 0.3) is 0 Å². The standard InChI is InChI=1S/C62H38F2N4O2/c63-50-25-16-26-51(64)59(50)41-33-34-47-48-37-44(69-43-22-15-21-42(35-43)61-65-52-27-9-13-31-56(52)67(61)54-29-11-7-23-45(54)39-17-3-1-4-18-39)38-49(60(48)70-58(47)36-41)62-66-53-28-10-14-32-57(53)68(62)55-30-12-8-24-46(55)40-19-5-2-6-20-40/h1-38H. The van der Waals surface area contributed by atoms with Crippen molar-refractivity contribution in [2.45, 2.75) is 0 Å². The zero-order chi connectivity index (χ0) is 46.7. The van der Waals surface area contributed by atoms with Gasteiger partial charge in [-0.25, -0.2) is 18.7 Å². The van der Waals surface area contributed by atoms with Crippen LogP contribution in [0.4, 0.5) is 8.78 Å². The normalized spacial score (nSPS) is 11.6. The maximum atomic E-state index is 15.2. The van der Waals surface area contributed by atoms with E-state index in [1.165, 1.54) is 18.2 Å². The lowest BCUT2D eigenvalue weighted by Crippen LogP contribution is -2.01. The zero-order valence-corrected chi connectivity index (χ0v) is 37.3. The molecule has 0 unspecified atom stereocenters. The van der Waals surface area contributed by atoms with Gasteiger partial charge in [-0.05, 0) is 102 Å². The summed E-state index contributed by atoms with van der Waals surface area (Å²) in [6.07, 6.45) is 0. The smallest absolute Gasteiger partial charge is 0.149 e. The Morgan fingerprint density at radius 1 is 0.386 bits per heavy atom. The van der Waals surface area contributed by atoms with Crippen LogP contribution in [0.2, 0.25) is 0 Å². The summed E-state index contributed by atoms with van der Waals surface area (Å²) in [6.45, 7) is 0. The van der Waals surface area contributed by atoms with E-state index < -0.39 is 11.6 Å². The second kappa shape index (κ2) is 16.7. The van der Waals surface area contributed by atoms with E-state index in [2.05, 4.69) is 100 Å². The fourth-order valence-electron chi connectivity index (χ4n) is 9.82. The number of benzene rings is 10. The van der Waals surface area contributed by atoms with E-state index >= 15 is 8.78 Å². The van der Waals surface area contributed by atoms with Gasteiger partial charge < -0.3 is 9.15 Å². The van der Waals surface area contributed by atoms with Crippen LogP contribution in [0.5, 0.6) is 11.5 Å². The van der Waals surface area contributed by atoms with Crippen molar-refractivity contribution in [3.8, 4) is 79.0 Å². The summed E-state index contributed by atoms with van der Waals surface area (Å²) in [5, 5.41) is 1.49. The van der Waals surface area contributed by atoms with E-state index in [0.717, 1.165) is 77.9 Å². The van der Waals surface area contributed by atoms with Crippen molar-refractivity contribution < 1.29 is 17.9 Å². The van der Waals surface area contributed by atoms with E-state index in [1.807, 2.05) is 109 Å².